The number of ether oxygens (including phenoxy) is 1. The molecule has 2 rings (SSSR count). The summed E-state index contributed by atoms with van der Waals surface area (Å²) < 4.78 is 43.0. The molecule has 0 aromatic heterocycles. The maximum Gasteiger partial charge on any atom is 0.416 e. The number of nitriles is 1. The molecule has 1 N–H and O–H groups in total. The Bertz CT molecular complexity index is 855. The molecule has 0 aliphatic rings. The number of alkyl halides is 3. The standard InChI is InChI=1S/C18H13F3N2O3/c1-11(26-17(25)13-7-5-12(10-22)6-8-13)16(24)23-15-4-2-3-14(9-15)18(19,20)21/h2-9,11H,1H3,(H,23,24)/t11-/m1/s1. The van der Waals surface area contributed by atoms with Gasteiger partial charge in [0.1, 0.15) is 0 Å². The molecule has 1 atom stereocenters. The van der Waals surface area contributed by atoms with Crippen LogP contribution in [0.25, 0.3) is 0 Å². The fraction of sp³-hybridized carbons (Fsp3) is 0.167. The first-order valence-electron chi connectivity index (χ1n) is 7.40. The number of anilines is 1. The normalized spacial score (nSPS) is 12.0. The van der Waals surface area contributed by atoms with Crippen LogP contribution in [0.5, 0.6) is 0 Å². The monoisotopic (exact) mass is 362 g/mol. The molecule has 0 saturated heterocycles. The van der Waals surface area contributed by atoms with E-state index in [4.69, 9.17) is 10.00 Å². The summed E-state index contributed by atoms with van der Waals surface area (Å²) in [5.74, 6) is -1.56. The zero-order valence-corrected chi connectivity index (χ0v) is 13.5. The Morgan fingerprint density at radius 3 is 2.38 bits per heavy atom. The third-order valence-electron chi connectivity index (χ3n) is 3.36. The first kappa shape index (κ1) is 19.0. The van der Waals surface area contributed by atoms with E-state index >= 15 is 0 Å². The smallest absolute Gasteiger partial charge is 0.416 e. The van der Waals surface area contributed by atoms with Gasteiger partial charge in [0.25, 0.3) is 5.91 Å². The number of hydrogen-bond donors (Lipinski definition) is 1. The van der Waals surface area contributed by atoms with Crippen LogP contribution in [-0.2, 0) is 15.7 Å². The maximum absolute atomic E-state index is 12.7. The second-order valence-electron chi connectivity index (χ2n) is 5.30. The maximum atomic E-state index is 12.7. The highest BCUT2D eigenvalue weighted by Crippen LogP contribution is 2.30. The van der Waals surface area contributed by atoms with E-state index in [1.807, 2.05) is 6.07 Å². The van der Waals surface area contributed by atoms with Crippen molar-refractivity contribution < 1.29 is 27.5 Å². The zero-order chi connectivity index (χ0) is 19.3. The predicted molar refractivity (Wildman–Crippen MR) is 86.1 cm³/mol. The van der Waals surface area contributed by atoms with Crippen LogP contribution in [-0.4, -0.2) is 18.0 Å². The van der Waals surface area contributed by atoms with Gasteiger partial charge in [-0.3, -0.25) is 4.79 Å². The minimum atomic E-state index is -4.53. The lowest BCUT2D eigenvalue weighted by atomic mass is 10.1. The van der Waals surface area contributed by atoms with Crippen molar-refractivity contribution in [1.29, 1.82) is 5.26 Å². The molecule has 0 aliphatic carbocycles. The molecule has 26 heavy (non-hydrogen) atoms. The van der Waals surface area contributed by atoms with E-state index in [1.165, 1.54) is 37.3 Å². The van der Waals surface area contributed by atoms with Gasteiger partial charge in [0.05, 0.1) is 22.8 Å². The van der Waals surface area contributed by atoms with Gasteiger partial charge >= 0.3 is 12.1 Å². The first-order valence-corrected chi connectivity index (χ1v) is 7.40. The van der Waals surface area contributed by atoms with Gasteiger partial charge in [0.2, 0.25) is 0 Å². The molecule has 0 saturated carbocycles. The average molecular weight is 362 g/mol. The van der Waals surface area contributed by atoms with E-state index in [1.54, 1.807) is 0 Å². The molecule has 0 fully saturated rings. The quantitative estimate of drug-likeness (QED) is 0.840. The van der Waals surface area contributed by atoms with E-state index in [2.05, 4.69) is 5.32 Å². The average Bonchev–Trinajstić information content (AvgIpc) is 2.61. The number of nitrogens with zero attached hydrogens (tertiary/aromatic N) is 1. The zero-order valence-electron chi connectivity index (χ0n) is 13.5. The van der Waals surface area contributed by atoms with Crippen molar-refractivity contribution >= 4 is 17.6 Å². The van der Waals surface area contributed by atoms with Crippen LogP contribution in [0.2, 0.25) is 0 Å². The SMILES string of the molecule is C[C@@H](OC(=O)c1ccc(C#N)cc1)C(=O)Nc1cccc(C(F)(F)F)c1. The predicted octanol–water partition coefficient (Wildman–Crippen LogP) is 3.76. The summed E-state index contributed by atoms with van der Waals surface area (Å²) in [5, 5.41) is 11.0. The fourth-order valence-corrected chi connectivity index (χ4v) is 1.98. The van der Waals surface area contributed by atoms with E-state index in [-0.39, 0.29) is 11.3 Å². The molecule has 0 radical (unpaired) electrons. The Morgan fingerprint density at radius 2 is 1.81 bits per heavy atom. The molecular formula is C18H13F3N2O3. The summed E-state index contributed by atoms with van der Waals surface area (Å²) >= 11 is 0. The third kappa shape index (κ3) is 4.83. The van der Waals surface area contributed by atoms with Crippen LogP contribution >= 0.6 is 0 Å². The fourth-order valence-electron chi connectivity index (χ4n) is 1.98. The number of amides is 1. The molecule has 2 aromatic carbocycles. The highest BCUT2D eigenvalue weighted by atomic mass is 19.4. The molecule has 8 heteroatoms. The lowest BCUT2D eigenvalue weighted by Crippen LogP contribution is -2.30. The number of esters is 1. The topological polar surface area (TPSA) is 79.2 Å². The van der Waals surface area contributed by atoms with Gasteiger partial charge in [-0.1, -0.05) is 6.07 Å². The van der Waals surface area contributed by atoms with E-state index in [0.717, 1.165) is 18.2 Å². The van der Waals surface area contributed by atoms with Crippen molar-refractivity contribution in [2.24, 2.45) is 0 Å². The van der Waals surface area contributed by atoms with Crippen molar-refractivity contribution in [3.8, 4) is 6.07 Å². The summed E-state index contributed by atoms with van der Waals surface area (Å²) in [7, 11) is 0. The molecule has 5 nitrogen and oxygen atoms in total. The van der Waals surface area contributed by atoms with Crippen molar-refractivity contribution in [2.45, 2.75) is 19.2 Å². The number of hydrogen-bond acceptors (Lipinski definition) is 4. The number of carbonyl (C=O) groups is 2. The minimum Gasteiger partial charge on any atom is -0.449 e. The number of rotatable bonds is 4. The Balaban J connectivity index is 2.01. The van der Waals surface area contributed by atoms with Crippen molar-refractivity contribution in [3.63, 3.8) is 0 Å². The van der Waals surface area contributed by atoms with Crippen LogP contribution in [0, 0.1) is 11.3 Å². The largest absolute Gasteiger partial charge is 0.449 e. The molecular weight excluding hydrogens is 349 g/mol. The van der Waals surface area contributed by atoms with Crippen molar-refractivity contribution in [1.82, 2.24) is 0 Å². The van der Waals surface area contributed by atoms with Crippen molar-refractivity contribution in [2.75, 3.05) is 5.32 Å². The van der Waals surface area contributed by atoms with Crippen LogP contribution in [0.15, 0.2) is 48.5 Å². The Kier molecular flexibility index (Phi) is 5.62. The highest BCUT2D eigenvalue weighted by Gasteiger charge is 2.30. The number of carbonyl (C=O) groups excluding carboxylic acids is 2. The molecule has 0 aliphatic heterocycles. The second-order valence-corrected chi connectivity index (χ2v) is 5.30. The highest BCUT2D eigenvalue weighted by molar-refractivity contribution is 5.97. The summed E-state index contributed by atoms with van der Waals surface area (Å²) in [6.45, 7) is 1.30. The Labute approximate surface area is 147 Å². The summed E-state index contributed by atoms with van der Waals surface area (Å²) in [5.41, 5.74) is -0.469. The first-order chi connectivity index (χ1) is 12.2. The number of nitrogens with one attached hydrogen (secondary N) is 1. The molecule has 0 spiro atoms. The molecule has 2 aromatic rings. The summed E-state index contributed by atoms with van der Waals surface area (Å²) in [6.07, 6.45) is -5.76. The van der Waals surface area contributed by atoms with Crippen LogP contribution in [0.3, 0.4) is 0 Å². The van der Waals surface area contributed by atoms with Gasteiger partial charge in [-0.05, 0) is 49.4 Å². The minimum absolute atomic E-state index is 0.0638. The van der Waals surface area contributed by atoms with E-state index in [9.17, 15) is 22.8 Å². The third-order valence-corrected chi connectivity index (χ3v) is 3.36. The molecule has 0 unspecified atom stereocenters. The van der Waals surface area contributed by atoms with Crippen LogP contribution in [0.4, 0.5) is 18.9 Å². The summed E-state index contributed by atoms with van der Waals surface area (Å²) in [6, 6.07) is 11.6. The van der Waals surface area contributed by atoms with E-state index in [0.29, 0.717) is 5.56 Å². The van der Waals surface area contributed by atoms with Crippen molar-refractivity contribution in [3.05, 3.63) is 65.2 Å². The van der Waals surface area contributed by atoms with Gasteiger partial charge in [0.15, 0.2) is 6.10 Å². The van der Waals surface area contributed by atoms with Gasteiger partial charge in [0, 0.05) is 5.69 Å². The number of halogens is 3. The molecule has 1 amide bonds. The Morgan fingerprint density at radius 1 is 1.15 bits per heavy atom. The summed E-state index contributed by atoms with van der Waals surface area (Å²) in [4.78, 5) is 24.0. The van der Waals surface area contributed by atoms with Gasteiger partial charge in [-0.15, -0.1) is 0 Å². The van der Waals surface area contributed by atoms with E-state index < -0.39 is 29.7 Å². The van der Waals surface area contributed by atoms with Gasteiger partial charge < -0.3 is 10.1 Å². The van der Waals surface area contributed by atoms with Crippen LogP contribution < -0.4 is 5.32 Å². The van der Waals surface area contributed by atoms with Crippen LogP contribution in [0.1, 0.15) is 28.4 Å². The molecule has 0 heterocycles. The van der Waals surface area contributed by atoms with Gasteiger partial charge in [-0.25, -0.2) is 4.79 Å². The lowest BCUT2D eigenvalue weighted by molar-refractivity contribution is -0.137. The van der Waals surface area contributed by atoms with Gasteiger partial charge in [-0.2, -0.15) is 18.4 Å². The lowest BCUT2D eigenvalue weighted by Gasteiger charge is -2.14. The number of benzene rings is 2. The molecule has 134 valence electrons. The second kappa shape index (κ2) is 7.70. The Hall–Kier alpha value is -3.34. The molecule has 0 bridgehead atoms.